The van der Waals surface area contributed by atoms with Gasteiger partial charge in [0, 0.05) is 29.4 Å². The average Bonchev–Trinajstić information content (AvgIpc) is 2.49. The molecule has 0 aliphatic rings. The Kier molecular flexibility index (Phi) is 5.33. The number of alkyl halides is 1. The Morgan fingerprint density at radius 3 is 2.52 bits per heavy atom. The molecule has 2 rings (SSSR count). The maximum absolute atomic E-state index is 10.6. The fourth-order valence-corrected chi connectivity index (χ4v) is 2.45. The molecule has 0 bridgehead atoms. The lowest BCUT2D eigenvalue weighted by atomic mass is 10.1. The smallest absolute Gasteiger partial charge is 0.269 e. The average molecular weight is 350 g/mol. The summed E-state index contributed by atoms with van der Waals surface area (Å²) < 4.78 is 5.80. The third-order valence-electron chi connectivity index (χ3n) is 3.16. The van der Waals surface area contributed by atoms with Crippen LogP contribution in [0.2, 0.25) is 0 Å². The van der Waals surface area contributed by atoms with Crippen molar-refractivity contribution in [2.24, 2.45) is 0 Å². The molecule has 0 fully saturated rings. The number of benzene rings is 2. The van der Waals surface area contributed by atoms with Crippen LogP contribution in [0.15, 0.2) is 42.5 Å². The van der Waals surface area contributed by atoms with Crippen molar-refractivity contribution in [1.82, 2.24) is 0 Å². The highest BCUT2D eigenvalue weighted by molar-refractivity contribution is 9.08. The highest BCUT2D eigenvalue weighted by Crippen LogP contribution is 2.22. The molecule has 0 unspecified atom stereocenters. The van der Waals surface area contributed by atoms with E-state index >= 15 is 0 Å². The molecule has 5 heteroatoms. The molecule has 0 spiro atoms. The number of rotatable bonds is 6. The Hall–Kier alpha value is -1.88. The van der Waals surface area contributed by atoms with Crippen LogP contribution in [0, 0.1) is 17.0 Å². The van der Waals surface area contributed by atoms with Crippen molar-refractivity contribution >= 4 is 21.6 Å². The summed E-state index contributed by atoms with van der Waals surface area (Å²) in [6.45, 7) is 2.59. The van der Waals surface area contributed by atoms with Crippen LogP contribution in [0.3, 0.4) is 0 Å². The van der Waals surface area contributed by atoms with Gasteiger partial charge in [0.2, 0.25) is 0 Å². The lowest BCUT2D eigenvalue weighted by Gasteiger charge is -2.11. The second-order valence-electron chi connectivity index (χ2n) is 4.77. The quantitative estimate of drug-likeness (QED) is 0.440. The Morgan fingerprint density at radius 2 is 1.90 bits per heavy atom. The molecule has 2 aromatic rings. The largest absolute Gasteiger partial charge is 0.493 e. The number of nitro benzene ring substituents is 1. The summed E-state index contributed by atoms with van der Waals surface area (Å²) in [6, 6.07) is 12.7. The molecule has 0 saturated carbocycles. The van der Waals surface area contributed by atoms with Gasteiger partial charge in [-0.25, -0.2) is 0 Å². The van der Waals surface area contributed by atoms with Crippen LogP contribution in [0.25, 0.3) is 0 Å². The van der Waals surface area contributed by atoms with E-state index in [1.54, 1.807) is 12.1 Å². The minimum Gasteiger partial charge on any atom is -0.493 e. The third kappa shape index (κ3) is 4.29. The van der Waals surface area contributed by atoms with Gasteiger partial charge in [-0.15, -0.1) is 0 Å². The van der Waals surface area contributed by atoms with Gasteiger partial charge in [-0.2, -0.15) is 0 Å². The van der Waals surface area contributed by atoms with Gasteiger partial charge in [-0.3, -0.25) is 10.1 Å². The summed E-state index contributed by atoms with van der Waals surface area (Å²) in [4.78, 5) is 10.2. The molecular formula is C16H16BrNO3. The molecule has 0 atom stereocenters. The van der Waals surface area contributed by atoms with Crippen molar-refractivity contribution in [2.45, 2.75) is 18.7 Å². The van der Waals surface area contributed by atoms with Gasteiger partial charge in [0.1, 0.15) is 5.75 Å². The fraction of sp³-hybridized carbons (Fsp3) is 0.250. The van der Waals surface area contributed by atoms with Crippen LogP contribution in [0.4, 0.5) is 5.69 Å². The van der Waals surface area contributed by atoms with Crippen LogP contribution < -0.4 is 4.74 Å². The highest BCUT2D eigenvalue weighted by Gasteiger charge is 2.05. The molecule has 0 aliphatic heterocycles. The Balaban J connectivity index is 1.93. The van der Waals surface area contributed by atoms with Crippen molar-refractivity contribution in [3.63, 3.8) is 0 Å². The van der Waals surface area contributed by atoms with Crippen LogP contribution in [0.5, 0.6) is 5.75 Å². The van der Waals surface area contributed by atoms with Crippen molar-refractivity contribution < 1.29 is 9.66 Å². The van der Waals surface area contributed by atoms with E-state index in [-0.39, 0.29) is 5.69 Å². The van der Waals surface area contributed by atoms with Crippen molar-refractivity contribution in [2.75, 3.05) is 6.61 Å². The number of non-ortho nitro benzene ring substituents is 1. The van der Waals surface area contributed by atoms with Gasteiger partial charge < -0.3 is 4.74 Å². The first-order valence-corrected chi connectivity index (χ1v) is 7.74. The number of halogens is 1. The van der Waals surface area contributed by atoms with E-state index in [0.717, 1.165) is 22.2 Å². The van der Waals surface area contributed by atoms with Gasteiger partial charge in [-0.1, -0.05) is 45.8 Å². The van der Waals surface area contributed by atoms with E-state index < -0.39 is 4.92 Å². The lowest BCUT2D eigenvalue weighted by molar-refractivity contribution is -0.384. The van der Waals surface area contributed by atoms with Crippen LogP contribution in [0.1, 0.15) is 16.7 Å². The van der Waals surface area contributed by atoms with Crippen LogP contribution in [-0.4, -0.2) is 11.5 Å². The summed E-state index contributed by atoms with van der Waals surface area (Å²) in [7, 11) is 0. The van der Waals surface area contributed by atoms with Crippen LogP contribution in [-0.2, 0) is 11.8 Å². The molecule has 0 amide bonds. The second kappa shape index (κ2) is 7.22. The summed E-state index contributed by atoms with van der Waals surface area (Å²) in [5.41, 5.74) is 3.46. The predicted molar refractivity (Wildman–Crippen MR) is 86.1 cm³/mol. The van der Waals surface area contributed by atoms with Gasteiger partial charge in [0.15, 0.2) is 0 Å². The van der Waals surface area contributed by atoms with Crippen molar-refractivity contribution in [3.05, 3.63) is 69.3 Å². The monoisotopic (exact) mass is 349 g/mol. The van der Waals surface area contributed by atoms with E-state index in [0.29, 0.717) is 13.0 Å². The fourth-order valence-electron chi connectivity index (χ4n) is 2.02. The molecule has 0 N–H and O–H groups in total. The first-order valence-electron chi connectivity index (χ1n) is 6.62. The molecule has 0 aliphatic carbocycles. The third-order valence-corrected chi connectivity index (χ3v) is 3.76. The molecule has 0 aromatic heterocycles. The maximum Gasteiger partial charge on any atom is 0.269 e. The lowest BCUT2D eigenvalue weighted by Crippen LogP contribution is -2.03. The summed E-state index contributed by atoms with van der Waals surface area (Å²) in [6.07, 6.45) is 0.716. The first kappa shape index (κ1) is 15.5. The minimum atomic E-state index is -0.394. The van der Waals surface area contributed by atoms with E-state index in [9.17, 15) is 10.1 Å². The minimum absolute atomic E-state index is 0.111. The Labute approximate surface area is 132 Å². The van der Waals surface area contributed by atoms with Gasteiger partial charge in [0.25, 0.3) is 5.69 Å². The second-order valence-corrected chi connectivity index (χ2v) is 5.33. The Morgan fingerprint density at radius 1 is 1.19 bits per heavy atom. The van der Waals surface area contributed by atoms with Gasteiger partial charge >= 0.3 is 0 Å². The standard InChI is InChI=1S/C16H16BrNO3/c1-12-2-7-16(14(10-12)11-17)21-9-8-13-3-5-15(6-4-13)18(19)20/h2-7,10H,8-9,11H2,1H3. The first-order chi connectivity index (χ1) is 10.1. The molecule has 21 heavy (non-hydrogen) atoms. The SMILES string of the molecule is Cc1ccc(OCCc2ccc([N+](=O)[O-])cc2)c(CBr)c1. The molecule has 0 radical (unpaired) electrons. The molecule has 0 heterocycles. The van der Waals surface area contributed by atoms with Crippen molar-refractivity contribution in [3.8, 4) is 5.75 Å². The molecule has 4 nitrogen and oxygen atoms in total. The summed E-state index contributed by atoms with van der Waals surface area (Å²) >= 11 is 3.46. The number of nitrogens with zero attached hydrogens (tertiary/aromatic N) is 1. The zero-order valence-electron chi connectivity index (χ0n) is 11.7. The molecule has 2 aromatic carbocycles. The molecule has 0 saturated heterocycles. The van der Waals surface area contributed by atoms with E-state index in [2.05, 4.69) is 22.0 Å². The number of nitro groups is 1. The van der Waals surface area contributed by atoms with E-state index in [1.807, 2.05) is 19.1 Å². The van der Waals surface area contributed by atoms with Gasteiger partial charge in [0.05, 0.1) is 11.5 Å². The molecular weight excluding hydrogens is 334 g/mol. The van der Waals surface area contributed by atoms with Crippen LogP contribution >= 0.6 is 15.9 Å². The molecule has 110 valence electrons. The summed E-state index contributed by atoms with van der Waals surface area (Å²) in [5.74, 6) is 0.874. The highest BCUT2D eigenvalue weighted by atomic mass is 79.9. The zero-order valence-corrected chi connectivity index (χ0v) is 13.3. The zero-order chi connectivity index (χ0) is 15.2. The van der Waals surface area contributed by atoms with E-state index in [4.69, 9.17) is 4.74 Å². The normalized spacial score (nSPS) is 10.4. The number of hydrogen-bond donors (Lipinski definition) is 0. The maximum atomic E-state index is 10.6. The number of hydrogen-bond acceptors (Lipinski definition) is 3. The van der Waals surface area contributed by atoms with E-state index in [1.165, 1.54) is 17.7 Å². The topological polar surface area (TPSA) is 52.4 Å². The Bertz CT molecular complexity index is 626. The van der Waals surface area contributed by atoms with Gasteiger partial charge in [-0.05, 0) is 18.6 Å². The number of ether oxygens (including phenoxy) is 1. The summed E-state index contributed by atoms with van der Waals surface area (Å²) in [5, 5.41) is 11.3. The van der Waals surface area contributed by atoms with Crippen molar-refractivity contribution in [1.29, 1.82) is 0 Å². The number of aryl methyl sites for hydroxylation is 1. The predicted octanol–water partition coefficient (Wildman–Crippen LogP) is 4.42.